The van der Waals surface area contributed by atoms with Crippen LogP contribution in [0.1, 0.15) is 87.1 Å². The summed E-state index contributed by atoms with van der Waals surface area (Å²) in [7, 11) is 0. The van der Waals surface area contributed by atoms with E-state index in [1.54, 1.807) is 33.8 Å². The monoisotopic (exact) mass is 565 g/mol. The third kappa shape index (κ3) is 14.5. The molecule has 0 heterocycles. The van der Waals surface area contributed by atoms with E-state index in [1.165, 1.54) is 12.1 Å². The van der Waals surface area contributed by atoms with Gasteiger partial charge in [-0.05, 0) is 97.4 Å². The van der Waals surface area contributed by atoms with Crippen LogP contribution >= 0.6 is 0 Å². The van der Waals surface area contributed by atoms with Gasteiger partial charge < -0.3 is 35.6 Å². The number of aromatic hydroxyl groups is 2. The zero-order valence-corrected chi connectivity index (χ0v) is 25.8. The fraction of sp³-hybridized carbons (Fsp3) is 0.700. The first kappa shape index (κ1) is 35.2. The van der Waals surface area contributed by atoms with Crippen LogP contribution in [0.5, 0.6) is 11.5 Å². The molecule has 2 atom stereocenters. The standard InChI is InChI=1S/C30H51N3O7/c1-20(21(2)34)31-15-10-13-30(8,9)39-16-14-29(6,7)19-32-26(37)23(33-27(38)40-28(3,4)5)17-22-11-12-24(35)25(36)18-22/h11-12,18,20,23,31,35-36H,10,13-17,19H2,1-9H3,(H,32,37)(H,33,38). The van der Waals surface area contributed by atoms with Crippen molar-refractivity contribution in [2.75, 3.05) is 19.7 Å². The van der Waals surface area contributed by atoms with Crippen LogP contribution in [0.15, 0.2) is 18.2 Å². The molecular formula is C30H51N3O7. The topological polar surface area (TPSA) is 146 Å². The molecule has 10 nitrogen and oxygen atoms in total. The summed E-state index contributed by atoms with van der Waals surface area (Å²) in [5.41, 5.74) is -0.774. The second-order valence-corrected chi connectivity index (χ2v) is 12.9. The number of nitrogens with one attached hydrogen (secondary N) is 3. The van der Waals surface area contributed by atoms with E-state index in [4.69, 9.17) is 9.47 Å². The molecule has 1 aromatic carbocycles. The lowest BCUT2D eigenvalue weighted by Gasteiger charge is -2.30. The number of ether oxygens (including phenoxy) is 2. The predicted molar refractivity (Wildman–Crippen MR) is 155 cm³/mol. The van der Waals surface area contributed by atoms with Gasteiger partial charge in [-0.3, -0.25) is 9.59 Å². The molecule has 0 aromatic heterocycles. The molecule has 40 heavy (non-hydrogen) atoms. The van der Waals surface area contributed by atoms with Gasteiger partial charge in [-0.2, -0.15) is 0 Å². The van der Waals surface area contributed by atoms with E-state index < -0.39 is 17.7 Å². The third-order valence-corrected chi connectivity index (χ3v) is 6.52. The highest BCUT2D eigenvalue weighted by molar-refractivity contribution is 5.86. The molecule has 0 aliphatic heterocycles. The average molecular weight is 566 g/mol. The molecule has 2 amide bonds. The lowest BCUT2D eigenvalue weighted by molar-refractivity contribution is -0.123. The van der Waals surface area contributed by atoms with Gasteiger partial charge in [-0.1, -0.05) is 19.9 Å². The zero-order chi connectivity index (χ0) is 30.7. The molecule has 1 rings (SSSR count). The Morgan fingerprint density at radius 2 is 1.62 bits per heavy atom. The smallest absolute Gasteiger partial charge is 0.408 e. The highest BCUT2D eigenvalue weighted by atomic mass is 16.6. The van der Waals surface area contributed by atoms with Crippen LogP contribution < -0.4 is 16.0 Å². The third-order valence-electron chi connectivity index (χ3n) is 6.52. The first-order chi connectivity index (χ1) is 18.3. The lowest BCUT2D eigenvalue weighted by atomic mass is 9.89. The average Bonchev–Trinajstić information content (AvgIpc) is 2.80. The molecule has 10 heteroatoms. The van der Waals surface area contributed by atoms with Gasteiger partial charge in [0.2, 0.25) is 5.91 Å². The van der Waals surface area contributed by atoms with E-state index >= 15 is 0 Å². The number of ketones is 1. The Hall–Kier alpha value is -2.85. The summed E-state index contributed by atoms with van der Waals surface area (Å²) < 4.78 is 11.5. The quantitative estimate of drug-likeness (QED) is 0.148. The summed E-state index contributed by atoms with van der Waals surface area (Å²) in [5, 5.41) is 28.2. The number of amides is 2. The fourth-order valence-electron chi connectivity index (χ4n) is 3.78. The van der Waals surface area contributed by atoms with Crippen LogP contribution in [0.2, 0.25) is 0 Å². The summed E-state index contributed by atoms with van der Waals surface area (Å²) >= 11 is 0. The molecule has 0 radical (unpaired) electrons. The van der Waals surface area contributed by atoms with Gasteiger partial charge in [-0.15, -0.1) is 0 Å². The van der Waals surface area contributed by atoms with E-state index in [2.05, 4.69) is 16.0 Å². The number of hydrogen-bond acceptors (Lipinski definition) is 8. The fourth-order valence-corrected chi connectivity index (χ4v) is 3.78. The van der Waals surface area contributed by atoms with Gasteiger partial charge in [0.25, 0.3) is 0 Å². The SMILES string of the molecule is CC(=O)C(C)NCCCC(C)(C)OCCC(C)(C)CNC(=O)C(Cc1ccc(O)c(O)c1)NC(=O)OC(C)(C)C. The number of alkyl carbamates (subject to hydrolysis) is 1. The Labute approximate surface area is 239 Å². The molecule has 0 bridgehead atoms. The van der Waals surface area contributed by atoms with Crippen LogP contribution in [0.4, 0.5) is 4.79 Å². The highest BCUT2D eigenvalue weighted by Crippen LogP contribution is 2.26. The first-order valence-corrected chi connectivity index (χ1v) is 14.0. The van der Waals surface area contributed by atoms with Gasteiger partial charge in [0.1, 0.15) is 17.4 Å². The summed E-state index contributed by atoms with van der Waals surface area (Å²) in [6.45, 7) is 18.4. The van der Waals surface area contributed by atoms with Crippen LogP contribution in [0, 0.1) is 5.41 Å². The molecule has 5 N–H and O–H groups in total. The number of phenolic OH excluding ortho intramolecular Hbond substituents is 2. The molecule has 0 aliphatic rings. The minimum absolute atomic E-state index is 0.0939. The maximum Gasteiger partial charge on any atom is 0.408 e. The van der Waals surface area contributed by atoms with Crippen LogP contribution in [-0.2, 0) is 25.5 Å². The largest absolute Gasteiger partial charge is 0.504 e. The summed E-state index contributed by atoms with van der Waals surface area (Å²) in [5.74, 6) is -0.840. The zero-order valence-electron chi connectivity index (χ0n) is 25.8. The Morgan fingerprint density at radius 1 is 0.975 bits per heavy atom. The Morgan fingerprint density at radius 3 is 2.20 bits per heavy atom. The molecule has 0 aliphatic carbocycles. The predicted octanol–water partition coefficient (Wildman–Crippen LogP) is 4.21. The van der Waals surface area contributed by atoms with Crippen molar-refractivity contribution in [1.82, 2.24) is 16.0 Å². The van der Waals surface area contributed by atoms with E-state index in [-0.39, 0.29) is 46.7 Å². The van der Waals surface area contributed by atoms with Crippen molar-refractivity contribution < 1.29 is 34.1 Å². The van der Waals surface area contributed by atoms with Crippen molar-refractivity contribution in [2.45, 2.75) is 111 Å². The maximum absolute atomic E-state index is 13.2. The van der Waals surface area contributed by atoms with Gasteiger partial charge in [0.15, 0.2) is 11.5 Å². The summed E-state index contributed by atoms with van der Waals surface area (Å²) in [6, 6.07) is 3.17. The minimum Gasteiger partial charge on any atom is -0.504 e. The second-order valence-electron chi connectivity index (χ2n) is 12.9. The molecule has 0 saturated carbocycles. The molecule has 2 unspecified atom stereocenters. The number of phenols is 2. The Bertz CT molecular complexity index is 986. The van der Waals surface area contributed by atoms with Crippen LogP contribution in [0.3, 0.4) is 0 Å². The van der Waals surface area contributed by atoms with Gasteiger partial charge in [0, 0.05) is 19.6 Å². The van der Waals surface area contributed by atoms with Crippen molar-refractivity contribution >= 4 is 17.8 Å². The summed E-state index contributed by atoms with van der Waals surface area (Å²) in [4.78, 5) is 37.0. The second kappa shape index (κ2) is 15.2. The van der Waals surface area contributed by atoms with Crippen molar-refractivity contribution in [3.63, 3.8) is 0 Å². The summed E-state index contributed by atoms with van der Waals surface area (Å²) in [6.07, 6.45) is 1.79. The van der Waals surface area contributed by atoms with Crippen molar-refractivity contribution in [1.29, 1.82) is 0 Å². The molecule has 0 spiro atoms. The number of benzene rings is 1. The van der Waals surface area contributed by atoms with Gasteiger partial charge in [-0.25, -0.2) is 4.79 Å². The van der Waals surface area contributed by atoms with Crippen molar-refractivity contribution in [2.24, 2.45) is 5.41 Å². The van der Waals surface area contributed by atoms with E-state index in [1.807, 2.05) is 34.6 Å². The number of rotatable bonds is 16. The first-order valence-electron chi connectivity index (χ1n) is 14.0. The van der Waals surface area contributed by atoms with Crippen molar-refractivity contribution in [3.05, 3.63) is 23.8 Å². The lowest BCUT2D eigenvalue weighted by Crippen LogP contribution is -2.50. The number of carbonyl (C=O) groups excluding carboxylic acids is 3. The highest BCUT2D eigenvalue weighted by Gasteiger charge is 2.28. The Kier molecular flexibility index (Phi) is 13.4. The van der Waals surface area contributed by atoms with Crippen LogP contribution in [-0.4, -0.2) is 71.0 Å². The number of hydrogen-bond donors (Lipinski definition) is 5. The van der Waals surface area contributed by atoms with Gasteiger partial charge in [0.05, 0.1) is 11.6 Å². The van der Waals surface area contributed by atoms with E-state index in [9.17, 15) is 24.6 Å². The van der Waals surface area contributed by atoms with E-state index in [0.29, 0.717) is 25.1 Å². The molecular weight excluding hydrogens is 514 g/mol. The molecule has 0 saturated heterocycles. The van der Waals surface area contributed by atoms with Crippen LogP contribution in [0.25, 0.3) is 0 Å². The van der Waals surface area contributed by atoms with Gasteiger partial charge >= 0.3 is 6.09 Å². The maximum atomic E-state index is 13.2. The number of Topliss-reactive ketones (excluding diaryl/α,β-unsaturated/α-hetero) is 1. The minimum atomic E-state index is -0.955. The molecule has 0 fully saturated rings. The Balaban J connectivity index is 2.67. The number of carbonyl (C=O) groups is 3. The normalized spacial score (nSPS) is 13.8. The van der Waals surface area contributed by atoms with Crippen molar-refractivity contribution in [3.8, 4) is 11.5 Å². The molecule has 228 valence electrons. The molecule has 1 aromatic rings. The van der Waals surface area contributed by atoms with E-state index in [0.717, 1.165) is 19.4 Å².